The highest BCUT2D eigenvalue weighted by molar-refractivity contribution is 5.46. The van der Waals surface area contributed by atoms with Gasteiger partial charge in [0.15, 0.2) is 0 Å². The van der Waals surface area contributed by atoms with E-state index in [9.17, 15) is 8.78 Å². The minimum absolute atomic E-state index is 0.103. The lowest BCUT2D eigenvalue weighted by Crippen LogP contribution is -2.30. The predicted molar refractivity (Wildman–Crippen MR) is 65.0 cm³/mol. The molecule has 1 saturated heterocycles. The molecule has 2 aliphatic heterocycles. The predicted octanol–water partition coefficient (Wildman–Crippen LogP) is 2.76. The first-order valence-corrected chi connectivity index (χ1v) is 6.61. The molecule has 1 N–H and O–H groups in total. The van der Waals surface area contributed by atoms with Crippen molar-refractivity contribution in [2.75, 3.05) is 19.7 Å². The first kappa shape index (κ1) is 11.9. The zero-order valence-corrected chi connectivity index (χ0v) is 10.3. The van der Waals surface area contributed by atoms with Crippen LogP contribution >= 0.6 is 0 Å². The largest absolute Gasteiger partial charge is 0.493 e. The summed E-state index contributed by atoms with van der Waals surface area (Å²) >= 11 is 0. The molecule has 0 spiro atoms. The lowest BCUT2D eigenvalue weighted by Gasteiger charge is -2.28. The number of hydrogen-bond acceptors (Lipinski definition) is 2. The van der Waals surface area contributed by atoms with Crippen molar-refractivity contribution in [3.8, 4) is 5.75 Å². The van der Waals surface area contributed by atoms with E-state index in [2.05, 4.69) is 5.32 Å². The van der Waals surface area contributed by atoms with Crippen LogP contribution in [0.2, 0.25) is 0 Å². The summed E-state index contributed by atoms with van der Waals surface area (Å²) in [6.07, 6.45) is 3.41. The fraction of sp³-hybridized carbons (Fsp3) is 0.571. The summed E-state index contributed by atoms with van der Waals surface area (Å²) in [5.41, 5.74) is 1.14. The van der Waals surface area contributed by atoms with Crippen molar-refractivity contribution in [2.45, 2.75) is 31.6 Å². The van der Waals surface area contributed by atoms with Gasteiger partial charge in [0.05, 0.1) is 6.61 Å². The SMILES string of the molecule is Fc1cc(F)c(C2CCCNC2)c2c1CCCO2. The molecule has 0 aliphatic carbocycles. The molecule has 1 aromatic rings. The van der Waals surface area contributed by atoms with E-state index in [1.807, 2.05) is 0 Å². The van der Waals surface area contributed by atoms with Gasteiger partial charge in [-0.15, -0.1) is 0 Å². The molecule has 3 rings (SSSR count). The Morgan fingerprint density at radius 2 is 2.11 bits per heavy atom. The first-order valence-electron chi connectivity index (χ1n) is 6.61. The monoisotopic (exact) mass is 253 g/mol. The normalized spacial score (nSPS) is 23.3. The second-order valence-corrected chi connectivity index (χ2v) is 5.06. The highest BCUT2D eigenvalue weighted by atomic mass is 19.1. The van der Waals surface area contributed by atoms with Crippen LogP contribution in [0, 0.1) is 11.6 Å². The summed E-state index contributed by atoms with van der Waals surface area (Å²) in [4.78, 5) is 0. The minimum Gasteiger partial charge on any atom is -0.493 e. The molecule has 1 atom stereocenters. The highest BCUT2D eigenvalue weighted by Crippen LogP contribution is 2.39. The van der Waals surface area contributed by atoms with E-state index in [-0.39, 0.29) is 5.92 Å². The van der Waals surface area contributed by atoms with Crippen LogP contribution in [0.4, 0.5) is 8.78 Å². The Hall–Kier alpha value is -1.16. The molecule has 2 heterocycles. The van der Waals surface area contributed by atoms with Crippen molar-refractivity contribution in [3.63, 3.8) is 0 Å². The minimum atomic E-state index is -0.463. The molecule has 1 unspecified atom stereocenters. The number of benzene rings is 1. The van der Waals surface area contributed by atoms with E-state index in [4.69, 9.17) is 4.74 Å². The quantitative estimate of drug-likeness (QED) is 0.831. The summed E-state index contributed by atoms with van der Waals surface area (Å²) in [5.74, 6) is -0.338. The molecule has 0 bridgehead atoms. The van der Waals surface area contributed by atoms with Crippen molar-refractivity contribution >= 4 is 0 Å². The number of nitrogens with one attached hydrogen (secondary N) is 1. The Kier molecular flexibility index (Phi) is 3.20. The van der Waals surface area contributed by atoms with E-state index in [1.165, 1.54) is 0 Å². The number of fused-ring (bicyclic) bond motifs is 1. The number of hydrogen-bond donors (Lipinski definition) is 1. The fourth-order valence-corrected chi connectivity index (χ4v) is 2.96. The Morgan fingerprint density at radius 1 is 1.22 bits per heavy atom. The van der Waals surface area contributed by atoms with Gasteiger partial charge in [0.25, 0.3) is 0 Å². The van der Waals surface area contributed by atoms with Crippen molar-refractivity contribution in [1.29, 1.82) is 0 Å². The smallest absolute Gasteiger partial charge is 0.133 e. The van der Waals surface area contributed by atoms with Crippen molar-refractivity contribution in [1.82, 2.24) is 5.32 Å². The van der Waals surface area contributed by atoms with Gasteiger partial charge in [0.2, 0.25) is 0 Å². The van der Waals surface area contributed by atoms with Gasteiger partial charge in [-0.25, -0.2) is 8.78 Å². The zero-order valence-electron chi connectivity index (χ0n) is 10.3. The third-order valence-electron chi connectivity index (χ3n) is 3.84. The van der Waals surface area contributed by atoms with Gasteiger partial charge >= 0.3 is 0 Å². The van der Waals surface area contributed by atoms with Crippen LogP contribution in [0.5, 0.6) is 5.75 Å². The van der Waals surface area contributed by atoms with Gasteiger partial charge in [-0.2, -0.15) is 0 Å². The Balaban J connectivity index is 2.06. The molecule has 4 heteroatoms. The topological polar surface area (TPSA) is 21.3 Å². The number of piperidine rings is 1. The average molecular weight is 253 g/mol. The molecule has 1 aromatic carbocycles. The van der Waals surface area contributed by atoms with Gasteiger partial charge in [-0.3, -0.25) is 0 Å². The van der Waals surface area contributed by atoms with E-state index in [0.29, 0.717) is 29.9 Å². The summed E-state index contributed by atoms with van der Waals surface area (Å²) in [5, 5.41) is 3.27. The van der Waals surface area contributed by atoms with Gasteiger partial charge in [-0.1, -0.05) is 0 Å². The number of halogens is 2. The molecule has 18 heavy (non-hydrogen) atoms. The third kappa shape index (κ3) is 1.99. The maximum atomic E-state index is 14.1. The molecular weight excluding hydrogens is 236 g/mol. The number of rotatable bonds is 1. The molecule has 2 aliphatic rings. The van der Waals surface area contributed by atoms with Crippen LogP contribution < -0.4 is 10.1 Å². The van der Waals surface area contributed by atoms with Crippen molar-refractivity contribution in [2.24, 2.45) is 0 Å². The Labute approximate surface area is 105 Å². The van der Waals surface area contributed by atoms with Crippen molar-refractivity contribution in [3.05, 3.63) is 28.8 Å². The van der Waals surface area contributed by atoms with Crippen LogP contribution in [0.15, 0.2) is 6.07 Å². The first-order chi connectivity index (χ1) is 8.77. The van der Waals surface area contributed by atoms with E-state index >= 15 is 0 Å². The molecular formula is C14H17F2NO. The van der Waals surface area contributed by atoms with Gasteiger partial charge in [0, 0.05) is 29.7 Å². The molecule has 98 valence electrons. The Morgan fingerprint density at radius 3 is 2.89 bits per heavy atom. The lowest BCUT2D eigenvalue weighted by molar-refractivity contribution is 0.273. The van der Waals surface area contributed by atoms with Gasteiger partial charge in [0.1, 0.15) is 17.4 Å². The maximum Gasteiger partial charge on any atom is 0.133 e. The molecule has 0 aromatic heterocycles. The Bertz CT molecular complexity index is 456. The molecule has 0 amide bonds. The molecule has 2 nitrogen and oxygen atoms in total. The summed E-state index contributed by atoms with van der Waals surface area (Å²) < 4.78 is 33.4. The standard InChI is InChI=1S/C14H17F2NO/c15-11-7-12(16)13(9-3-1-5-17-8-9)14-10(11)4-2-6-18-14/h7,9,17H,1-6,8H2. The van der Waals surface area contributed by atoms with Crippen molar-refractivity contribution < 1.29 is 13.5 Å². The van der Waals surface area contributed by atoms with Gasteiger partial charge < -0.3 is 10.1 Å². The van der Waals surface area contributed by atoms with Crippen LogP contribution in [0.3, 0.4) is 0 Å². The second-order valence-electron chi connectivity index (χ2n) is 5.06. The maximum absolute atomic E-state index is 14.1. The average Bonchev–Trinajstić information content (AvgIpc) is 2.40. The van der Waals surface area contributed by atoms with Crippen LogP contribution in [-0.4, -0.2) is 19.7 Å². The second kappa shape index (κ2) is 4.84. The van der Waals surface area contributed by atoms with Crippen LogP contribution in [-0.2, 0) is 6.42 Å². The lowest BCUT2D eigenvalue weighted by atomic mass is 9.87. The van der Waals surface area contributed by atoms with E-state index < -0.39 is 11.6 Å². The van der Waals surface area contributed by atoms with E-state index in [1.54, 1.807) is 0 Å². The molecule has 0 saturated carbocycles. The van der Waals surface area contributed by atoms with Gasteiger partial charge in [-0.05, 0) is 32.2 Å². The third-order valence-corrected chi connectivity index (χ3v) is 3.84. The fourth-order valence-electron chi connectivity index (χ4n) is 2.96. The molecule has 1 fully saturated rings. The zero-order chi connectivity index (χ0) is 12.5. The number of ether oxygens (including phenoxy) is 1. The summed E-state index contributed by atoms with van der Waals surface area (Å²) in [6.45, 7) is 2.28. The summed E-state index contributed by atoms with van der Waals surface area (Å²) in [6, 6.07) is 1.03. The van der Waals surface area contributed by atoms with Crippen LogP contribution in [0.25, 0.3) is 0 Å². The summed E-state index contributed by atoms with van der Waals surface area (Å²) in [7, 11) is 0. The van der Waals surface area contributed by atoms with E-state index in [0.717, 1.165) is 38.4 Å². The van der Waals surface area contributed by atoms with Crippen LogP contribution in [0.1, 0.15) is 36.3 Å². The highest BCUT2D eigenvalue weighted by Gasteiger charge is 2.28. The molecule has 0 radical (unpaired) electrons.